The zero-order valence-corrected chi connectivity index (χ0v) is 17.4. The van der Waals surface area contributed by atoms with E-state index in [9.17, 15) is 26.4 Å². The molecule has 0 atom stereocenters. The number of nitrogens with zero attached hydrogens (tertiary/aromatic N) is 3. The fourth-order valence-corrected chi connectivity index (χ4v) is 3.86. The van der Waals surface area contributed by atoms with Gasteiger partial charge in [0.2, 0.25) is 10.0 Å². The summed E-state index contributed by atoms with van der Waals surface area (Å²) in [7, 11) is -4.07. The van der Waals surface area contributed by atoms with E-state index >= 15 is 0 Å². The lowest BCUT2D eigenvalue weighted by molar-refractivity contribution is -0.140. The van der Waals surface area contributed by atoms with Crippen molar-refractivity contribution in [2.75, 3.05) is 11.9 Å². The van der Waals surface area contributed by atoms with E-state index in [0.29, 0.717) is 6.54 Å². The Morgan fingerprint density at radius 2 is 1.94 bits per heavy atom. The highest BCUT2D eigenvalue weighted by atomic mass is 32.2. The maximum absolute atomic E-state index is 13.0. The molecule has 4 N–H and O–H groups in total. The van der Waals surface area contributed by atoms with Crippen LogP contribution < -0.4 is 15.8 Å². The van der Waals surface area contributed by atoms with Crippen molar-refractivity contribution in [3.63, 3.8) is 0 Å². The molecule has 14 heteroatoms. The Kier molecular flexibility index (Phi) is 6.24. The van der Waals surface area contributed by atoms with Crippen LogP contribution in [0.1, 0.15) is 12.6 Å². The third kappa shape index (κ3) is 5.34. The average Bonchev–Trinajstić information content (AvgIpc) is 3.18. The van der Waals surface area contributed by atoms with Crippen LogP contribution in [0.3, 0.4) is 0 Å². The van der Waals surface area contributed by atoms with Crippen molar-refractivity contribution in [3.8, 4) is 21.7 Å². The maximum Gasteiger partial charge on any atom is 0.434 e. The first-order valence-electron chi connectivity index (χ1n) is 8.55. The number of nitrogens with two attached hydrogens (primary N) is 1. The van der Waals surface area contributed by atoms with E-state index in [-0.39, 0.29) is 32.4 Å². The highest BCUT2D eigenvalue weighted by Crippen LogP contribution is 2.38. The predicted octanol–water partition coefficient (Wildman–Crippen LogP) is 3.07. The van der Waals surface area contributed by atoms with Gasteiger partial charge in [-0.15, -0.1) is 11.3 Å². The zero-order valence-electron chi connectivity index (χ0n) is 15.8. The SMILES string of the molecule is CCNC(=O)Nc1cc(-c2nc(C(F)(F)F)cs2)c(-c2cncc(S(N)(=O)=O)c2)cn1. The Balaban J connectivity index is 2.15. The van der Waals surface area contributed by atoms with Crippen LogP contribution in [0.5, 0.6) is 0 Å². The second-order valence-electron chi connectivity index (χ2n) is 6.09. The molecule has 0 saturated heterocycles. The summed E-state index contributed by atoms with van der Waals surface area (Å²) in [4.78, 5) is 23.1. The van der Waals surface area contributed by atoms with Gasteiger partial charge in [0.15, 0.2) is 5.69 Å². The number of anilines is 1. The van der Waals surface area contributed by atoms with Crippen LogP contribution in [0.15, 0.2) is 41.0 Å². The molecule has 3 aromatic heterocycles. The van der Waals surface area contributed by atoms with Gasteiger partial charge in [-0.25, -0.2) is 28.3 Å². The third-order valence-electron chi connectivity index (χ3n) is 3.86. The number of carbonyl (C=O) groups is 1. The molecule has 0 bridgehead atoms. The molecule has 3 heterocycles. The predicted molar refractivity (Wildman–Crippen MR) is 108 cm³/mol. The molecule has 0 fully saturated rings. The van der Waals surface area contributed by atoms with Crippen molar-refractivity contribution < 1.29 is 26.4 Å². The molecular weight excluding hydrogens is 457 g/mol. The van der Waals surface area contributed by atoms with Crippen molar-refractivity contribution >= 4 is 33.2 Å². The Hall–Kier alpha value is -3.10. The molecule has 31 heavy (non-hydrogen) atoms. The average molecular weight is 472 g/mol. The molecule has 2 amide bonds. The Bertz CT molecular complexity index is 1230. The quantitative estimate of drug-likeness (QED) is 0.521. The zero-order chi connectivity index (χ0) is 22.8. The molecule has 0 aromatic carbocycles. The topological polar surface area (TPSA) is 140 Å². The second-order valence-corrected chi connectivity index (χ2v) is 8.51. The van der Waals surface area contributed by atoms with E-state index in [4.69, 9.17) is 5.14 Å². The fourth-order valence-electron chi connectivity index (χ4n) is 2.50. The molecule has 0 saturated carbocycles. The number of aromatic nitrogens is 3. The number of pyridine rings is 2. The molecule has 0 aliphatic rings. The minimum absolute atomic E-state index is 0.00955. The van der Waals surface area contributed by atoms with Crippen molar-refractivity contribution in [1.29, 1.82) is 0 Å². The standard InChI is InChI=1S/C17H15F3N6O3S2/c1-2-23-16(27)26-14-4-11(15-25-13(8-30-15)17(18,19)20)12(7-24-14)9-3-10(6-22-5-9)31(21,28)29/h3-8H,2H2,1H3,(H2,21,28,29)(H2,23,24,26,27). The molecule has 3 aromatic rings. The maximum atomic E-state index is 13.0. The van der Waals surface area contributed by atoms with Crippen LogP contribution >= 0.6 is 11.3 Å². The number of hydrogen-bond acceptors (Lipinski definition) is 7. The smallest absolute Gasteiger partial charge is 0.338 e. The van der Waals surface area contributed by atoms with Gasteiger partial charge in [-0.05, 0) is 19.1 Å². The van der Waals surface area contributed by atoms with Crippen LogP contribution in [-0.4, -0.2) is 35.9 Å². The lowest BCUT2D eigenvalue weighted by Crippen LogP contribution is -2.28. The van der Waals surface area contributed by atoms with Gasteiger partial charge < -0.3 is 5.32 Å². The van der Waals surface area contributed by atoms with Crippen LogP contribution in [0, 0.1) is 0 Å². The Labute approximate surface area is 178 Å². The first kappa shape index (κ1) is 22.6. The normalized spacial score (nSPS) is 11.9. The minimum Gasteiger partial charge on any atom is -0.338 e. The van der Waals surface area contributed by atoms with Gasteiger partial charge in [0.1, 0.15) is 15.7 Å². The van der Waals surface area contributed by atoms with Gasteiger partial charge in [0.05, 0.1) is 0 Å². The van der Waals surface area contributed by atoms with E-state index in [0.717, 1.165) is 22.9 Å². The molecular formula is C17H15F3N6O3S2. The van der Waals surface area contributed by atoms with Gasteiger partial charge in [0, 0.05) is 47.2 Å². The second kappa shape index (κ2) is 8.56. The Morgan fingerprint density at radius 3 is 2.55 bits per heavy atom. The Morgan fingerprint density at radius 1 is 1.19 bits per heavy atom. The number of rotatable bonds is 5. The molecule has 0 unspecified atom stereocenters. The number of thiazole rings is 1. The third-order valence-corrected chi connectivity index (χ3v) is 5.62. The molecule has 164 valence electrons. The first-order chi connectivity index (χ1) is 14.5. The van der Waals surface area contributed by atoms with E-state index in [1.54, 1.807) is 6.92 Å². The number of alkyl halides is 3. The van der Waals surface area contributed by atoms with E-state index in [1.165, 1.54) is 24.5 Å². The van der Waals surface area contributed by atoms with Crippen LogP contribution in [0.2, 0.25) is 0 Å². The van der Waals surface area contributed by atoms with Crippen LogP contribution in [0.25, 0.3) is 21.7 Å². The molecule has 3 rings (SSSR count). The summed E-state index contributed by atoms with van der Waals surface area (Å²) in [6.07, 6.45) is -1.01. The molecule has 9 nitrogen and oxygen atoms in total. The summed E-state index contributed by atoms with van der Waals surface area (Å²) in [5, 5.41) is 11.0. The molecule has 0 aliphatic heterocycles. The van der Waals surface area contributed by atoms with Crippen LogP contribution in [-0.2, 0) is 16.2 Å². The van der Waals surface area contributed by atoms with Crippen molar-refractivity contribution in [2.24, 2.45) is 5.14 Å². The summed E-state index contributed by atoms with van der Waals surface area (Å²) in [6.45, 7) is 2.06. The highest BCUT2D eigenvalue weighted by molar-refractivity contribution is 7.89. The van der Waals surface area contributed by atoms with E-state index in [1.807, 2.05) is 0 Å². The van der Waals surface area contributed by atoms with Gasteiger partial charge in [-0.1, -0.05) is 0 Å². The van der Waals surface area contributed by atoms with E-state index in [2.05, 4.69) is 25.6 Å². The summed E-state index contributed by atoms with van der Waals surface area (Å²) in [5.74, 6) is 0.0593. The summed E-state index contributed by atoms with van der Waals surface area (Å²) >= 11 is 0.735. The summed E-state index contributed by atoms with van der Waals surface area (Å²) in [5.41, 5.74) is -0.398. The number of halogens is 3. The summed E-state index contributed by atoms with van der Waals surface area (Å²) in [6, 6.07) is 2.01. The van der Waals surface area contributed by atoms with Gasteiger partial charge >= 0.3 is 12.2 Å². The molecule has 0 radical (unpaired) electrons. The van der Waals surface area contributed by atoms with Gasteiger partial charge in [-0.2, -0.15) is 13.2 Å². The number of nitrogens with one attached hydrogen (secondary N) is 2. The van der Waals surface area contributed by atoms with Crippen molar-refractivity contribution in [2.45, 2.75) is 18.0 Å². The lowest BCUT2D eigenvalue weighted by atomic mass is 10.0. The van der Waals surface area contributed by atoms with Gasteiger partial charge in [-0.3, -0.25) is 10.3 Å². The first-order valence-corrected chi connectivity index (χ1v) is 11.0. The number of primary sulfonamides is 1. The molecule has 0 spiro atoms. The van der Waals surface area contributed by atoms with Crippen molar-refractivity contribution in [1.82, 2.24) is 20.3 Å². The highest BCUT2D eigenvalue weighted by Gasteiger charge is 2.34. The number of amides is 2. The number of sulfonamides is 1. The number of hydrogen-bond donors (Lipinski definition) is 3. The number of urea groups is 1. The van der Waals surface area contributed by atoms with Crippen molar-refractivity contribution in [3.05, 3.63) is 41.8 Å². The monoisotopic (exact) mass is 472 g/mol. The summed E-state index contributed by atoms with van der Waals surface area (Å²) < 4.78 is 62.4. The van der Waals surface area contributed by atoms with E-state index < -0.39 is 27.9 Å². The largest absolute Gasteiger partial charge is 0.434 e. The lowest BCUT2D eigenvalue weighted by Gasteiger charge is -2.11. The molecule has 0 aliphatic carbocycles. The van der Waals surface area contributed by atoms with Gasteiger partial charge in [0.25, 0.3) is 0 Å². The number of carbonyl (C=O) groups excluding carboxylic acids is 1. The minimum atomic E-state index is -4.64. The van der Waals surface area contributed by atoms with Crippen LogP contribution in [0.4, 0.5) is 23.8 Å². The fraction of sp³-hybridized carbons (Fsp3) is 0.176.